The maximum absolute atomic E-state index is 11.7. The van der Waals surface area contributed by atoms with Gasteiger partial charge in [-0.2, -0.15) is 5.10 Å². The molecule has 0 spiro atoms. The molecule has 2 aromatic rings. The molecule has 0 unspecified atom stereocenters. The highest BCUT2D eigenvalue weighted by Crippen LogP contribution is 2.31. The average Bonchev–Trinajstić information content (AvgIpc) is 2.57. The number of nitrogens with zero attached hydrogens (tertiary/aromatic N) is 1. The zero-order chi connectivity index (χ0) is 17.5. The van der Waals surface area contributed by atoms with Crippen LogP contribution in [0.15, 0.2) is 41.5 Å². The van der Waals surface area contributed by atoms with Gasteiger partial charge in [0.1, 0.15) is 5.75 Å². The van der Waals surface area contributed by atoms with E-state index in [2.05, 4.69) is 10.5 Å². The Morgan fingerprint density at radius 3 is 2.79 bits per heavy atom. The summed E-state index contributed by atoms with van der Waals surface area (Å²) in [5, 5.41) is 13.7. The Bertz CT molecular complexity index is 762. The van der Waals surface area contributed by atoms with E-state index >= 15 is 0 Å². The number of ether oxygens (including phenoxy) is 2. The average molecular weight is 440 g/mol. The number of carbonyl (C=O) groups is 1. The summed E-state index contributed by atoms with van der Waals surface area (Å²) in [7, 11) is 1.47. The molecule has 2 rings (SSSR count). The molecule has 0 saturated heterocycles. The van der Waals surface area contributed by atoms with E-state index in [1.54, 1.807) is 18.2 Å². The van der Waals surface area contributed by atoms with E-state index in [1.807, 2.05) is 47.7 Å². The standard InChI is InChI=1S/C17H17IN2O4/c1-11-5-3-4-6-14(11)24-10-16(21)20-19-9-12-7-13(18)17(22)15(8-12)23-2/h3-9,22H,10H2,1-2H3,(H,20,21)/b19-9+. The highest BCUT2D eigenvalue weighted by atomic mass is 127. The van der Waals surface area contributed by atoms with Gasteiger partial charge in [0.05, 0.1) is 16.9 Å². The molecule has 0 heterocycles. The molecule has 0 fully saturated rings. The normalized spacial score (nSPS) is 10.6. The van der Waals surface area contributed by atoms with Crippen LogP contribution in [0.5, 0.6) is 17.2 Å². The van der Waals surface area contributed by atoms with Gasteiger partial charge in [0.15, 0.2) is 18.1 Å². The molecule has 24 heavy (non-hydrogen) atoms. The van der Waals surface area contributed by atoms with Crippen LogP contribution in [0.4, 0.5) is 0 Å². The van der Waals surface area contributed by atoms with Crippen molar-refractivity contribution in [1.29, 1.82) is 0 Å². The van der Waals surface area contributed by atoms with Crippen LogP contribution >= 0.6 is 22.6 Å². The molecule has 126 valence electrons. The minimum Gasteiger partial charge on any atom is -0.504 e. The Labute approximate surface area is 153 Å². The molecule has 0 saturated carbocycles. The number of phenols is 1. The van der Waals surface area contributed by atoms with Gasteiger partial charge >= 0.3 is 0 Å². The molecule has 0 radical (unpaired) electrons. The maximum Gasteiger partial charge on any atom is 0.277 e. The van der Waals surface area contributed by atoms with Crippen molar-refractivity contribution in [2.75, 3.05) is 13.7 Å². The first-order valence-electron chi connectivity index (χ1n) is 7.08. The number of para-hydroxylation sites is 1. The van der Waals surface area contributed by atoms with Gasteiger partial charge in [-0.3, -0.25) is 4.79 Å². The first-order valence-corrected chi connectivity index (χ1v) is 8.16. The van der Waals surface area contributed by atoms with E-state index in [0.717, 1.165) is 5.56 Å². The molecule has 0 bridgehead atoms. The zero-order valence-corrected chi connectivity index (χ0v) is 15.4. The molecule has 7 heteroatoms. The van der Waals surface area contributed by atoms with Crippen LogP contribution in [-0.2, 0) is 4.79 Å². The largest absolute Gasteiger partial charge is 0.504 e. The monoisotopic (exact) mass is 440 g/mol. The van der Waals surface area contributed by atoms with Crippen LogP contribution in [-0.4, -0.2) is 30.9 Å². The lowest BCUT2D eigenvalue weighted by molar-refractivity contribution is -0.123. The molecule has 0 atom stereocenters. The molecule has 2 N–H and O–H groups in total. The fourth-order valence-electron chi connectivity index (χ4n) is 1.90. The van der Waals surface area contributed by atoms with E-state index in [0.29, 0.717) is 20.6 Å². The second-order valence-electron chi connectivity index (χ2n) is 4.90. The van der Waals surface area contributed by atoms with E-state index < -0.39 is 0 Å². The fraction of sp³-hybridized carbons (Fsp3) is 0.176. The molecule has 6 nitrogen and oxygen atoms in total. The van der Waals surface area contributed by atoms with E-state index in [-0.39, 0.29) is 18.3 Å². The van der Waals surface area contributed by atoms with Gasteiger partial charge in [-0.05, 0) is 58.8 Å². The third-order valence-corrected chi connectivity index (χ3v) is 3.95. The van der Waals surface area contributed by atoms with Crippen LogP contribution in [0, 0.1) is 10.5 Å². The zero-order valence-electron chi connectivity index (χ0n) is 13.2. The lowest BCUT2D eigenvalue weighted by Crippen LogP contribution is -2.24. The third-order valence-electron chi connectivity index (χ3n) is 3.13. The Kier molecular flexibility index (Phi) is 6.42. The number of hydrogen-bond donors (Lipinski definition) is 2. The van der Waals surface area contributed by atoms with Gasteiger partial charge in [0.2, 0.25) is 0 Å². The number of halogens is 1. The van der Waals surface area contributed by atoms with Gasteiger partial charge < -0.3 is 14.6 Å². The van der Waals surface area contributed by atoms with Crippen molar-refractivity contribution in [2.45, 2.75) is 6.92 Å². The van der Waals surface area contributed by atoms with E-state index in [9.17, 15) is 9.90 Å². The Balaban J connectivity index is 1.91. The molecule has 1 amide bonds. The van der Waals surface area contributed by atoms with Crippen molar-refractivity contribution in [3.8, 4) is 17.2 Å². The Morgan fingerprint density at radius 1 is 1.33 bits per heavy atom. The summed E-state index contributed by atoms with van der Waals surface area (Å²) in [5.74, 6) is 0.716. The number of carbonyl (C=O) groups excluding carboxylic acids is 1. The molecule has 0 aliphatic heterocycles. The molecule has 0 aliphatic rings. The number of methoxy groups -OCH3 is 1. The van der Waals surface area contributed by atoms with Crippen molar-refractivity contribution in [1.82, 2.24) is 5.43 Å². The van der Waals surface area contributed by atoms with Crippen LogP contribution < -0.4 is 14.9 Å². The smallest absolute Gasteiger partial charge is 0.277 e. The summed E-state index contributed by atoms with van der Waals surface area (Å²) in [6.45, 7) is 1.78. The van der Waals surface area contributed by atoms with Crippen molar-refractivity contribution < 1.29 is 19.4 Å². The Hall–Kier alpha value is -2.29. The second kappa shape index (κ2) is 8.53. The van der Waals surface area contributed by atoms with Crippen LogP contribution in [0.3, 0.4) is 0 Å². The number of aryl methyl sites for hydroxylation is 1. The second-order valence-corrected chi connectivity index (χ2v) is 6.06. The fourth-order valence-corrected chi connectivity index (χ4v) is 2.52. The van der Waals surface area contributed by atoms with Crippen molar-refractivity contribution >= 4 is 34.7 Å². The summed E-state index contributed by atoms with van der Waals surface area (Å²) < 4.78 is 11.1. The minimum atomic E-state index is -0.366. The molecule has 0 aromatic heterocycles. The van der Waals surface area contributed by atoms with Crippen LogP contribution in [0.2, 0.25) is 0 Å². The number of hydrogen-bond acceptors (Lipinski definition) is 5. The summed E-state index contributed by atoms with van der Waals surface area (Å²) in [6.07, 6.45) is 1.47. The van der Waals surface area contributed by atoms with Crippen molar-refractivity contribution in [3.05, 3.63) is 51.1 Å². The maximum atomic E-state index is 11.7. The molecular weight excluding hydrogens is 423 g/mol. The highest BCUT2D eigenvalue weighted by molar-refractivity contribution is 14.1. The Morgan fingerprint density at radius 2 is 2.08 bits per heavy atom. The van der Waals surface area contributed by atoms with Gasteiger partial charge in [0.25, 0.3) is 5.91 Å². The number of phenolic OH excluding ortho intramolecular Hbond substituents is 1. The predicted octanol–water partition coefficient (Wildman–Crippen LogP) is 2.84. The molecule has 2 aromatic carbocycles. The summed E-state index contributed by atoms with van der Waals surface area (Å²) >= 11 is 1.99. The lowest BCUT2D eigenvalue weighted by atomic mass is 10.2. The summed E-state index contributed by atoms with van der Waals surface area (Å²) in [6, 6.07) is 10.8. The SMILES string of the molecule is COc1cc(/C=N/NC(=O)COc2ccccc2C)cc(I)c1O. The number of amides is 1. The van der Waals surface area contributed by atoms with Crippen LogP contribution in [0.1, 0.15) is 11.1 Å². The summed E-state index contributed by atoms with van der Waals surface area (Å²) in [5.41, 5.74) is 4.04. The number of nitrogens with one attached hydrogen (secondary N) is 1. The highest BCUT2D eigenvalue weighted by Gasteiger charge is 2.07. The van der Waals surface area contributed by atoms with E-state index in [4.69, 9.17) is 9.47 Å². The van der Waals surface area contributed by atoms with Gasteiger partial charge in [-0.1, -0.05) is 18.2 Å². The number of benzene rings is 2. The lowest BCUT2D eigenvalue weighted by Gasteiger charge is -2.07. The van der Waals surface area contributed by atoms with Gasteiger partial charge in [0, 0.05) is 0 Å². The van der Waals surface area contributed by atoms with E-state index in [1.165, 1.54) is 13.3 Å². The minimum absolute atomic E-state index is 0.0749. The summed E-state index contributed by atoms with van der Waals surface area (Å²) in [4.78, 5) is 11.7. The number of aromatic hydroxyl groups is 1. The van der Waals surface area contributed by atoms with Gasteiger partial charge in [-0.15, -0.1) is 0 Å². The van der Waals surface area contributed by atoms with Crippen LogP contribution in [0.25, 0.3) is 0 Å². The number of hydrazone groups is 1. The quantitative estimate of drug-likeness (QED) is 0.412. The van der Waals surface area contributed by atoms with Gasteiger partial charge in [-0.25, -0.2) is 5.43 Å². The topological polar surface area (TPSA) is 80.2 Å². The van der Waals surface area contributed by atoms with Crippen molar-refractivity contribution in [3.63, 3.8) is 0 Å². The number of rotatable bonds is 6. The first-order chi connectivity index (χ1) is 11.5. The third kappa shape index (κ3) is 4.85. The predicted molar refractivity (Wildman–Crippen MR) is 99.8 cm³/mol. The van der Waals surface area contributed by atoms with Crippen molar-refractivity contribution in [2.24, 2.45) is 5.10 Å². The molecular formula is C17H17IN2O4. The first kappa shape index (κ1) is 18.1. The molecule has 0 aliphatic carbocycles.